The van der Waals surface area contributed by atoms with E-state index in [1.807, 2.05) is 37.3 Å². The topological polar surface area (TPSA) is 94.8 Å². The minimum Gasteiger partial charge on any atom is -0.482 e. The van der Waals surface area contributed by atoms with Crippen molar-refractivity contribution >= 4 is 34.4 Å². The average Bonchev–Trinajstić information content (AvgIpc) is 2.83. The van der Waals surface area contributed by atoms with Gasteiger partial charge in [0, 0.05) is 16.5 Å². The van der Waals surface area contributed by atoms with E-state index >= 15 is 0 Å². The van der Waals surface area contributed by atoms with Gasteiger partial charge in [-0.15, -0.1) is 0 Å². The molecule has 4 rings (SSSR count). The molecule has 0 spiro atoms. The van der Waals surface area contributed by atoms with Crippen LogP contribution in [0.1, 0.15) is 28.9 Å². The number of hydrogen-bond donors (Lipinski definition) is 1. The Labute approximate surface area is 199 Å². The molecule has 4 aromatic rings. The Hall–Kier alpha value is -4.10. The Morgan fingerprint density at radius 2 is 1.76 bits per heavy atom. The highest BCUT2D eigenvalue weighted by molar-refractivity contribution is 6.30. The van der Waals surface area contributed by atoms with Gasteiger partial charge in [0.25, 0.3) is 5.91 Å². The number of fused-ring (bicyclic) bond motifs is 1. The van der Waals surface area contributed by atoms with Crippen LogP contribution in [-0.4, -0.2) is 18.5 Å². The zero-order chi connectivity index (χ0) is 24.1. The summed E-state index contributed by atoms with van der Waals surface area (Å²) >= 11 is 5.88. The molecule has 0 radical (unpaired) electrons. The molecule has 0 saturated heterocycles. The molecule has 1 heterocycles. The highest BCUT2D eigenvalue weighted by Gasteiger charge is 2.17. The first-order chi connectivity index (χ1) is 16.4. The monoisotopic (exact) mass is 477 g/mol. The Morgan fingerprint density at radius 3 is 2.53 bits per heavy atom. The lowest BCUT2D eigenvalue weighted by Gasteiger charge is -2.14. The van der Waals surface area contributed by atoms with Gasteiger partial charge in [-0.3, -0.25) is 4.79 Å². The molecular weight excluding hydrogens is 458 g/mol. The van der Waals surface area contributed by atoms with Gasteiger partial charge >= 0.3 is 11.6 Å². The van der Waals surface area contributed by atoms with Crippen LogP contribution in [0.3, 0.4) is 0 Å². The molecule has 7 nitrogen and oxygen atoms in total. The van der Waals surface area contributed by atoms with E-state index < -0.39 is 17.5 Å². The molecule has 0 aliphatic heterocycles. The maximum absolute atomic E-state index is 12.7. The lowest BCUT2D eigenvalue weighted by Crippen LogP contribution is -2.30. The molecule has 1 N–H and O–H groups in total. The van der Waals surface area contributed by atoms with E-state index in [0.717, 1.165) is 5.56 Å². The van der Waals surface area contributed by atoms with Gasteiger partial charge in [0.15, 0.2) is 6.61 Å². The summed E-state index contributed by atoms with van der Waals surface area (Å²) in [7, 11) is 0. The van der Waals surface area contributed by atoms with Gasteiger partial charge in [-0.1, -0.05) is 48.0 Å². The summed E-state index contributed by atoms with van der Waals surface area (Å²) in [5, 5.41) is 3.79. The number of carbonyl (C=O) groups excluding carboxylic acids is 2. The molecule has 34 heavy (non-hydrogen) atoms. The first-order valence-electron chi connectivity index (χ1n) is 10.4. The Morgan fingerprint density at radius 1 is 0.971 bits per heavy atom. The SMILES string of the molecule is CC(NC(=O)c1cc2ccc(OC(=O)COc3cccc(Cl)c3)cc2oc1=O)c1ccccc1. The lowest BCUT2D eigenvalue weighted by atomic mass is 10.1. The van der Waals surface area contributed by atoms with Crippen molar-refractivity contribution in [1.82, 2.24) is 5.32 Å². The number of rotatable bonds is 7. The van der Waals surface area contributed by atoms with Gasteiger partial charge in [0.2, 0.25) is 0 Å². The first-order valence-corrected chi connectivity index (χ1v) is 10.8. The number of halogens is 1. The normalized spacial score (nSPS) is 11.6. The summed E-state index contributed by atoms with van der Waals surface area (Å²) in [4.78, 5) is 37.2. The van der Waals surface area contributed by atoms with E-state index in [-0.39, 0.29) is 29.5 Å². The van der Waals surface area contributed by atoms with Gasteiger partial charge in [0.05, 0.1) is 6.04 Å². The fourth-order valence-electron chi connectivity index (χ4n) is 3.27. The van der Waals surface area contributed by atoms with E-state index in [2.05, 4.69) is 5.32 Å². The largest absolute Gasteiger partial charge is 0.482 e. The van der Waals surface area contributed by atoms with Crippen molar-refractivity contribution in [3.05, 3.63) is 105 Å². The summed E-state index contributed by atoms with van der Waals surface area (Å²) in [6.07, 6.45) is 0. The smallest absolute Gasteiger partial charge is 0.349 e. The zero-order valence-electron chi connectivity index (χ0n) is 18.1. The molecule has 1 unspecified atom stereocenters. The minimum absolute atomic E-state index is 0.116. The minimum atomic E-state index is -0.793. The van der Waals surface area contributed by atoms with Crippen LogP contribution in [0.2, 0.25) is 5.02 Å². The summed E-state index contributed by atoms with van der Waals surface area (Å²) in [5.41, 5.74) is 0.179. The maximum Gasteiger partial charge on any atom is 0.349 e. The van der Waals surface area contributed by atoms with Crippen molar-refractivity contribution in [1.29, 1.82) is 0 Å². The van der Waals surface area contributed by atoms with Crippen molar-refractivity contribution in [2.24, 2.45) is 0 Å². The molecule has 172 valence electrons. The summed E-state index contributed by atoms with van der Waals surface area (Å²) < 4.78 is 15.9. The molecule has 0 saturated carbocycles. The van der Waals surface area contributed by atoms with Crippen molar-refractivity contribution in [2.75, 3.05) is 6.61 Å². The van der Waals surface area contributed by atoms with Crippen molar-refractivity contribution in [3.8, 4) is 11.5 Å². The fraction of sp³-hybridized carbons (Fsp3) is 0.115. The second-order valence-electron chi connectivity index (χ2n) is 7.47. The number of nitrogens with one attached hydrogen (secondary N) is 1. The number of carbonyl (C=O) groups is 2. The molecule has 0 aliphatic carbocycles. The summed E-state index contributed by atoms with van der Waals surface area (Å²) in [6, 6.07) is 21.7. The fourth-order valence-corrected chi connectivity index (χ4v) is 3.45. The van der Waals surface area contributed by atoms with Crippen LogP contribution in [0.15, 0.2) is 88.1 Å². The second-order valence-corrected chi connectivity index (χ2v) is 7.91. The predicted molar refractivity (Wildman–Crippen MR) is 127 cm³/mol. The lowest BCUT2D eigenvalue weighted by molar-refractivity contribution is -0.136. The van der Waals surface area contributed by atoms with E-state index in [4.69, 9.17) is 25.5 Å². The predicted octanol–water partition coefficient (Wildman–Crippen LogP) is 4.92. The molecule has 3 aromatic carbocycles. The van der Waals surface area contributed by atoms with Crippen LogP contribution in [-0.2, 0) is 4.79 Å². The molecular formula is C26H20ClNO6. The molecule has 0 fully saturated rings. The molecule has 1 amide bonds. The third-order valence-electron chi connectivity index (χ3n) is 4.98. The van der Waals surface area contributed by atoms with E-state index in [9.17, 15) is 14.4 Å². The first kappa shape index (κ1) is 23.1. The molecule has 1 aromatic heterocycles. The Kier molecular flexibility index (Phi) is 6.94. The van der Waals surface area contributed by atoms with Crippen LogP contribution < -0.4 is 20.4 Å². The average molecular weight is 478 g/mol. The number of amides is 1. The Bertz CT molecular complexity index is 1400. The van der Waals surface area contributed by atoms with Gasteiger partial charge in [-0.05, 0) is 48.9 Å². The summed E-state index contributed by atoms with van der Waals surface area (Å²) in [5.74, 6) is -0.583. The number of hydrogen-bond acceptors (Lipinski definition) is 6. The summed E-state index contributed by atoms with van der Waals surface area (Å²) in [6.45, 7) is 1.49. The highest BCUT2D eigenvalue weighted by atomic mass is 35.5. The van der Waals surface area contributed by atoms with Crippen LogP contribution in [0.5, 0.6) is 11.5 Å². The van der Waals surface area contributed by atoms with Gasteiger partial charge in [-0.2, -0.15) is 0 Å². The van der Waals surface area contributed by atoms with Crippen molar-refractivity contribution in [3.63, 3.8) is 0 Å². The van der Waals surface area contributed by atoms with Crippen LogP contribution in [0, 0.1) is 0 Å². The molecule has 0 aliphatic rings. The van der Waals surface area contributed by atoms with Crippen LogP contribution in [0.25, 0.3) is 11.0 Å². The quantitative estimate of drug-likeness (QED) is 0.230. The third-order valence-corrected chi connectivity index (χ3v) is 5.22. The third kappa shape index (κ3) is 5.63. The van der Waals surface area contributed by atoms with E-state index in [0.29, 0.717) is 16.2 Å². The van der Waals surface area contributed by atoms with E-state index in [1.165, 1.54) is 18.2 Å². The van der Waals surface area contributed by atoms with Crippen LogP contribution >= 0.6 is 11.6 Å². The van der Waals surface area contributed by atoms with Gasteiger partial charge in [-0.25, -0.2) is 9.59 Å². The molecule has 0 bridgehead atoms. The Balaban J connectivity index is 1.44. The highest BCUT2D eigenvalue weighted by Crippen LogP contribution is 2.22. The van der Waals surface area contributed by atoms with E-state index in [1.54, 1.807) is 30.3 Å². The molecule has 8 heteroatoms. The van der Waals surface area contributed by atoms with Gasteiger partial charge in [0.1, 0.15) is 22.6 Å². The number of benzene rings is 3. The second kappa shape index (κ2) is 10.2. The molecule has 1 atom stereocenters. The maximum atomic E-state index is 12.7. The van der Waals surface area contributed by atoms with Crippen LogP contribution in [0.4, 0.5) is 0 Å². The zero-order valence-corrected chi connectivity index (χ0v) is 18.9. The number of esters is 1. The van der Waals surface area contributed by atoms with Crippen molar-refractivity contribution in [2.45, 2.75) is 13.0 Å². The standard InChI is InChI=1S/C26H20ClNO6/c1-16(17-6-3-2-4-7-17)28-25(30)22-12-18-10-11-21(14-23(18)34-26(22)31)33-24(29)15-32-20-9-5-8-19(27)13-20/h2-14,16H,15H2,1H3,(H,28,30). The van der Waals surface area contributed by atoms with Gasteiger partial charge < -0.3 is 19.2 Å². The number of ether oxygens (including phenoxy) is 2. The van der Waals surface area contributed by atoms with Crippen molar-refractivity contribution < 1.29 is 23.5 Å².